The molecule has 5 nitrogen and oxygen atoms in total. The molecule has 1 aromatic heterocycles. The third-order valence-electron chi connectivity index (χ3n) is 5.42. The topological polar surface area (TPSA) is 67.2 Å². The molecule has 1 aromatic carbocycles. The highest BCUT2D eigenvalue weighted by Gasteiger charge is 2.34. The van der Waals surface area contributed by atoms with Crippen molar-refractivity contribution in [2.45, 2.75) is 58.0 Å². The fraction of sp³-hybridized carbons (Fsp3) is 0.500. The van der Waals surface area contributed by atoms with Crippen LogP contribution in [-0.2, 0) is 4.79 Å². The van der Waals surface area contributed by atoms with Crippen LogP contribution in [0.1, 0.15) is 43.4 Å². The van der Waals surface area contributed by atoms with Crippen LogP contribution in [0.4, 0.5) is 5.69 Å². The number of anilines is 1. The number of aryl methyl sites for hydroxylation is 2. The summed E-state index contributed by atoms with van der Waals surface area (Å²) in [4.78, 5) is 16.9. The van der Waals surface area contributed by atoms with E-state index in [0.717, 1.165) is 35.3 Å². The molecular formula is C20H25N3O2. The van der Waals surface area contributed by atoms with Gasteiger partial charge in [0.05, 0.1) is 5.69 Å². The number of carbonyl (C=O) groups is 1. The normalized spacial score (nSPS) is 25.1. The molecular weight excluding hydrogens is 314 g/mol. The molecule has 132 valence electrons. The molecule has 2 N–H and O–H groups in total. The number of benzene rings is 1. The van der Waals surface area contributed by atoms with E-state index in [1.165, 1.54) is 12.8 Å². The molecule has 2 aromatic rings. The van der Waals surface area contributed by atoms with Crippen molar-refractivity contribution in [1.82, 2.24) is 10.3 Å². The quantitative estimate of drug-likeness (QED) is 0.889. The Labute approximate surface area is 148 Å². The summed E-state index contributed by atoms with van der Waals surface area (Å²) in [5.74, 6) is 1.20. The first kappa shape index (κ1) is 16.3. The minimum atomic E-state index is 0.102. The first-order valence-corrected chi connectivity index (χ1v) is 9.16. The van der Waals surface area contributed by atoms with Gasteiger partial charge in [-0.3, -0.25) is 4.79 Å². The Morgan fingerprint density at radius 2 is 2.04 bits per heavy atom. The van der Waals surface area contributed by atoms with Gasteiger partial charge in [0, 0.05) is 29.8 Å². The van der Waals surface area contributed by atoms with Crippen LogP contribution in [0.2, 0.25) is 0 Å². The number of piperidine rings is 1. The molecule has 2 aliphatic rings. The van der Waals surface area contributed by atoms with E-state index in [1.54, 1.807) is 6.26 Å². The maximum absolute atomic E-state index is 12.5. The van der Waals surface area contributed by atoms with E-state index < -0.39 is 0 Å². The lowest BCUT2D eigenvalue weighted by Crippen LogP contribution is -2.39. The zero-order valence-electron chi connectivity index (χ0n) is 14.8. The summed E-state index contributed by atoms with van der Waals surface area (Å²) in [6.45, 7) is 3.92. The predicted octanol–water partition coefficient (Wildman–Crippen LogP) is 3.82. The fourth-order valence-electron chi connectivity index (χ4n) is 4.22. The summed E-state index contributed by atoms with van der Waals surface area (Å²) in [5, 5.41) is 6.68. The van der Waals surface area contributed by atoms with Crippen LogP contribution in [-0.4, -0.2) is 23.0 Å². The molecule has 4 rings (SSSR count). The number of amides is 1. The third kappa shape index (κ3) is 3.61. The summed E-state index contributed by atoms with van der Waals surface area (Å²) in [5.41, 5.74) is 3.66. The second-order valence-corrected chi connectivity index (χ2v) is 7.55. The molecule has 1 amide bonds. The van der Waals surface area contributed by atoms with Gasteiger partial charge in [-0.2, -0.15) is 0 Å². The molecule has 0 saturated carbocycles. The van der Waals surface area contributed by atoms with Crippen molar-refractivity contribution in [3.05, 3.63) is 35.7 Å². The molecule has 2 fully saturated rings. The smallest absolute Gasteiger partial charge is 0.226 e. The molecule has 0 aliphatic carbocycles. The largest absolute Gasteiger partial charge is 0.444 e. The predicted molar refractivity (Wildman–Crippen MR) is 97.3 cm³/mol. The van der Waals surface area contributed by atoms with E-state index in [4.69, 9.17) is 4.42 Å². The summed E-state index contributed by atoms with van der Waals surface area (Å²) >= 11 is 0. The van der Waals surface area contributed by atoms with Crippen LogP contribution in [0.15, 0.2) is 28.9 Å². The van der Waals surface area contributed by atoms with Gasteiger partial charge in [-0.05, 0) is 63.1 Å². The highest BCUT2D eigenvalue weighted by atomic mass is 16.3. The van der Waals surface area contributed by atoms with Crippen molar-refractivity contribution in [2.75, 3.05) is 5.32 Å². The Kier molecular flexibility index (Phi) is 4.34. The second kappa shape index (κ2) is 6.64. The van der Waals surface area contributed by atoms with Crippen molar-refractivity contribution in [2.24, 2.45) is 5.92 Å². The molecule has 3 heterocycles. The first-order valence-electron chi connectivity index (χ1n) is 9.16. The number of nitrogens with one attached hydrogen (secondary N) is 2. The van der Waals surface area contributed by atoms with Crippen LogP contribution in [0.25, 0.3) is 11.5 Å². The molecule has 2 unspecified atom stereocenters. The number of oxazole rings is 1. The van der Waals surface area contributed by atoms with Crippen LogP contribution < -0.4 is 10.6 Å². The highest BCUT2D eigenvalue weighted by Crippen LogP contribution is 2.33. The van der Waals surface area contributed by atoms with Gasteiger partial charge in [-0.15, -0.1) is 0 Å². The summed E-state index contributed by atoms with van der Waals surface area (Å²) < 4.78 is 5.51. The maximum atomic E-state index is 12.5. The molecule has 2 atom stereocenters. The summed E-state index contributed by atoms with van der Waals surface area (Å²) in [6, 6.07) is 7.13. The number of carbonyl (C=O) groups excluding carboxylic acids is 1. The van der Waals surface area contributed by atoms with Crippen molar-refractivity contribution >= 4 is 11.6 Å². The first-order chi connectivity index (χ1) is 12.1. The van der Waals surface area contributed by atoms with E-state index in [-0.39, 0.29) is 5.91 Å². The van der Waals surface area contributed by atoms with Gasteiger partial charge < -0.3 is 15.1 Å². The van der Waals surface area contributed by atoms with Gasteiger partial charge in [-0.25, -0.2) is 4.98 Å². The highest BCUT2D eigenvalue weighted by molar-refractivity contribution is 5.91. The van der Waals surface area contributed by atoms with E-state index in [9.17, 15) is 4.79 Å². The lowest BCUT2D eigenvalue weighted by molar-refractivity contribution is -0.117. The SMILES string of the molecule is Cc1coc(-c2cc(NC(=O)CC3CC4CCC(C3)N4)ccc2C)n1. The lowest BCUT2D eigenvalue weighted by Gasteiger charge is -2.28. The van der Waals surface area contributed by atoms with E-state index in [0.29, 0.717) is 30.3 Å². The monoisotopic (exact) mass is 339 g/mol. The Morgan fingerprint density at radius 1 is 1.28 bits per heavy atom. The molecule has 5 heteroatoms. The van der Waals surface area contributed by atoms with Crippen molar-refractivity contribution in [1.29, 1.82) is 0 Å². The van der Waals surface area contributed by atoms with Crippen LogP contribution in [0, 0.1) is 19.8 Å². The Morgan fingerprint density at radius 3 is 2.72 bits per heavy atom. The van der Waals surface area contributed by atoms with Gasteiger partial charge in [0.2, 0.25) is 11.8 Å². The summed E-state index contributed by atoms with van der Waals surface area (Å²) in [7, 11) is 0. The number of hydrogen-bond acceptors (Lipinski definition) is 4. The average Bonchev–Trinajstić information content (AvgIpc) is 3.14. The molecule has 0 radical (unpaired) electrons. The zero-order valence-corrected chi connectivity index (χ0v) is 14.8. The van der Waals surface area contributed by atoms with E-state index in [2.05, 4.69) is 15.6 Å². The van der Waals surface area contributed by atoms with Crippen LogP contribution in [0.5, 0.6) is 0 Å². The number of hydrogen-bond donors (Lipinski definition) is 2. The van der Waals surface area contributed by atoms with Gasteiger partial charge in [0.25, 0.3) is 0 Å². The van der Waals surface area contributed by atoms with Gasteiger partial charge in [-0.1, -0.05) is 6.07 Å². The van der Waals surface area contributed by atoms with Gasteiger partial charge >= 0.3 is 0 Å². The van der Waals surface area contributed by atoms with Crippen LogP contribution >= 0.6 is 0 Å². The van der Waals surface area contributed by atoms with Crippen molar-refractivity contribution in [3.63, 3.8) is 0 Å². The zero-order chi connectivity index (χ0) is 17.4. The van der Waals surface area contributed by atoms with E-state index >= 15 is 0 Å². The molecule has 2 aliphatic heterocycles. The Balaban J connectivity index is 1.43. The van der Waals surface area contributed by atoms with Crippen molar-refractivity contribution in [3.8, 4) is 11.5 Å². The summed E-state index contributed by atoms with van der Waals surface area (Å²) in [6.07, 6.45) is 7.03. The lowest BCUT2D eigenvalue weighted by atomic mass is 9.89. The molecule has 25 heavy (non-hydrogen) atoms. The number of aromatic nitrogens is 1. The van der Waals surface area contributed by atoms with Crippen molar-refractivity contribution < 1.29 is 9.21 Å². The minimum Gasteiger partial charge on any atom is -0.444 e. The van der Waals surface area contributed by atoms with Crippen LogP contribution in [0.3, 0.4) is 0 Å². The van der Waals surface area contributed by atoms with Gasteiger partial charge in [0.1, 0.15) is 6.26 Å². The molecule has 2 saturated heterocycles. The minimum absolute atomic E-state index is 0.102. The second-order valence-electron chi connectivity index (χ2n) is 7.55. The number of rotatable bonds is 4. The standard InChI is InChI=1S/C20H25N3O2/c1-12-3-4-17(10-18(12)20-21-13(2)11-25-20)23-19(24)9-14-7-15-5-6-16(8-14)22-15/h3-4,10-11,14-16,22H,5-9H2,1-2H3,(H,23,24). The number of fused-ring (bicyclic) bond motifs is 2. The Hall–Kier alpha value is -2.14. The maximum Gasteiger partial charge on any atom is 0.226 e. The Bertz CT molecular complexity index is 771. The van der Waals surface area contributed by atoms with E-state index in [1.807, 2.05) is 32.0 Å². The van der Waals surface area contributed by atoms with Gasteiger partial charge in [0.15, 0.2) is 0 Å². The number of nitrogens with zero attached hydrogens (tertiary/aromatic N) is 1. The third-order valence-corrected chi connectivity index (χ3v) is 5.42. The molecule has 0 spiro atoms. The molecule has 2 bridgehead atoms. The average molecular weight is 339 g/mol. The fourth-order valence-corrected chi connectivity index (χ4v) is 4.22.